The molecule has 0 radical (unpaired) electrons. The molecule has 0 spiro atoms. The van der Waals surface area contributed by atoms with Gasteiger partial charge in [-0.1, -0.05) is 13.8 Å². The van der Waals surface area contributed by atoms with Crippen LogP contribution in [0.2, 0.25) is 0 Å². The average molecular weight is 338 g/mol. The highest BCUT2D eigenvalue weighted by Crippen LogP contribution is 2.42. The number of imidazole rings is 1. The minimum atomic E-state index is -1.15. The van der Waals surface area contributed by atoms with Crippen LogP contribution in [0.5, 0.6) is 0 Å². The van der Waals surface area contributed by atoms with Gasteiger partial charge in [-0.25, -0.2) is 4.98 Å². The van der Waals surface area contributed by atoms with Gasteiger partial charge >= 0.3 is 0 Å². The molecule has 1 saturated heterocycles. The number of anilines is 1. The minimum absolute atomic E-state index is 0.00376. The van der Waals surface area contributed by atoms with E-state index in [1.54, 1.807) is 13.8 Å². The maximum Gasteiger partial charge on any atom is 0.280 e. The van der Waals surface area contributed by atoms with E-state index in [-0.39, 0.29) is 41.2 Å². The number of nitrogens with one attached hydrogen (secondary N) is 2. The highest BCUT2D eigenvalue weighted by atomic mass is 16.5. The first-order valence-electron chi connectivity index (χ1n) is 7.71. The quantitative estimate of drug-likeness (QED) is 0.536. The standard InChI is InChI=1S/C14H17N5O5/c1-4(2)12(22)17-14-16-10-7(13(23)18-14)15-11-8(21)9-5(20)3-6(24-9)19(10)11/h4-6,8-9,20-21H,3H2,1-2H3,(H2,16,17,18,22,23)/t5-,6+,8+,9+/m0/s1/i16+1,17+1,18+1. The Morgan fingerprint density at radius 3 is 2.88 bits per heavy atom. The van der Waals surface area contributed by atoms with Crippen LogP contribution in [-0.4, -0.2) is 47.8 Å². The highest BCUT2D eigenvalue weighted by Gasteiger charge is 2.48. The Bertz CT molecular complexity index is 888. The first kappa shape index (κ1) is 15.2. The Balaban J connectivity index is 1.85. The molecule has 4 heterocycles. The summed E-state index contributed by atoms with van der Waals surface area (Å²) in [7, 11) is 0. The number of nitrogens with zero attached hydrogens (tertiary/aromatic N) is 3. The number of aliphatic hydroxyl groups is 2. The predicted octanol–water partition coefficient (Wildman–Crippen LogP) is -0.591. The van der Waals surface area contributed by atoms with Crippen LogP contribution in [0.3, 0.4) is 0 Å². The number of amides is 1. The molecule has 1 amide bonds. The summed E-state index contributed by atoms with van der Waals surface area (Å²) < 4.78 is 7.10. The van der Waals surface area contributed by atoms with Crippen molar-refractivity contribution in [1.82, 2.24) is 19.5 Å². The van der Waals surface area contributed by atoms with Crippen molar-refractivity contribution in [2.75, 3.05) is 5.32 Å². The van der Waals surface area contributed by atoms with Gasteiger partial charge < -0.3 is 14.9 Å². The van der Waals surface area contributed by atoms with Crippen LogP contribution < -0.4 is 10.9 Å². The van der Waals surface area contributed by atoms with E-state index in [1.807, 2.05) is 0 Å². The Morgan fingerprint density at radius 1 is 1.42 bits per heavy atom. The largest absolute Gasteiger partial charge is 0.390 e. The van der Waals surface area contributed by atoms with E-state index >= 15 is 0 Å². The zero-order valence-corrected chi connectivity index (χ0v) is 13.1. The van der Waals surface area contributed by atoms with Gasteiger partial charge in [0.15, 0.2) is 11.2 Å². The molecular weight excluding hydrogens is 321 g/mol. The fraction of sp³-hybridized carbons (Fsp3) is 0.571. The third-order valence-corrected chi connectivity index (χ3v) is 4.34. The molecule has 4 N–H and O–H groups in total. The van der Waals surface area contributed by atoms with E-state index in [2.05, 4.69) is 20.3 Å². The number of hydrogen-bond acceptors (Lipinski definition) is 7. The van der Waals surface area contributed by atoms with Crippen LogP contribution in [0.15, 0.2) is 4.79 Å². The summed E-state index contributed by atoms with van der Waals surface area (Å²) in [6.07, 6.45) is -3.03. The van der Waals surface area contributed by atoms with Crippen molar-refractivity contribution in [3.8, 4) is 0 Å². The third-order valence-electron chi connectivity index (χ3n) is 4.34. The number of H-pyrrole nitrogens is 1. The minimum Gasteiger partial charge on any atom is -0.390 e. The Morgan fingerprint density at radius 2 is 2.17 bits per heavy atom. The molecule has 10 nitrogen and oxygen atoms in total. The molecule has 1 fully saturated rings. The van der Waals surface area contributed by atoms with Crippen molar-refractivity contribution in [3.05, 3.63) is 16.2 Å². The van der Waals surface area contributed by atoms with Gasteiger partial charge in [0.05, 0.1) is 6.10 Å². The molecule has 0 saturated carbocycles. The van der Waals surface area contributed by atoms with Gasteiger partial charge in [-0.15, -0.1) is 0 Å². The number of aliphatic hydroxyl groups excluding tert-OH is 2. The van der Waals surface area contributed by atoms with E-state index < -0.39 is 30.1 Å². The fourth-order valence-electron chi connectivity index (χ4n) is 3.08. The van der Waals surface area contributed by atoms with Crippen LogP contribution in [-0.2, 0) is 9.53 Å². The summed E-state index contributed by atoms with van der Waals surface area (Å²) >= 11 is 0. The van der Waals surface area contributed by atoms with Crippen molar-refractivity contribution in [2.45, 2.75) is 44.8 Å². The van der Waals surface area contributed by atoms with Gasteiger partial charge in [-0.2, -0.15) is 4.98 Å². The second-order valence-corrected chi connectivity index (χ2v) is 6.37. The van der Waals surface area contributed by atoms with Gasteiger partial charge in [0.2, 0.25) is 11.9 Å². The van der Waals surface area contributed by atoms with Crippen molar-refractivity contribution < 1.29 is 19.7 Å². The van der Waals surface area contributed by atoms with Gasteiger partial charge in [0.25, 0.3) is 5.56 Å². The van der Waals surface area contributed by atoms with Crippen LogP contribution in [0.4, 0.5) is 5.95 Å². The summed E-state index contributed by atoms with van der Waals surface area (Å²) in [5.74, 6) is -0.332. The lowest BCUT2D eigenvalue weighted by molar-refractivity contribution is -0.118. The van der Waals surface area contributed by atoms with Crippen LogP contribution in [0.1, 0.15) is 38.4 Å². The van der Waals surface area contributed by atoms with Crippen LogP contribution >= 0.6 is 0 Å². The SMILES string of the molecule is CC(C)C(=O)[15NH]c1[15n]c2c(nc3n2[C@H]2C[C@H](O)[C@@H](O2)[C@H]3O)c(=O)[15nH]1. The van der Waals surface area contributed by atoms with Crippen LogP contribution in [0.25, 0.3) is 11.2 Å². The number of aromatic amines is 1. The molecule has 4 atom stereocenters. The first-order valence-corrected chi connectivity index (χ1v) is 7.71. The van der Waals surface area contributed by atoms with Gasteiger partial charge in [0, 0.05) is 12.3 Å². The number of fused-ring (bicyclic) bond motifs is 6. The van der Waals surface area contributed by atoms with Gasteiger partial charge in [-0.3, -0.25) is 24.5 Å². The number of hydrogen-bond donors (Lipinski definition) is 4. The Kier molecular flexibility index (Phi) is 3.24. The maximum atomic E-state index is 12.3. The molecule has 2 aliphatic rings. The summed E-state index contributed by atoms with van der Waals surface area (Å²) in [5.41, 5.74) is -0.272. The summed E-state index contributed by atoms with van der Waals surface area (Å²) in [4.78, 5) is 34.9. The number of aromatic nitrogens is 4. The predicted molar refractivity (Wildman–Crippen MR) is 81.1 cm³/mol. The molecule has 24 heavy (non-hydrogen) atoms. The summed E-state index contributed by atoms with van der Waals surface area (Å²) in [6, 6.07) is 0. The Hall–Kier alpha value is -2.30. The van der Waals surface area contributed by atoms with E-state index in [4.69, 9.17) is 4.74 Å². The normalized spacial score (nSPS) is 28.4. The van der Waals surface area contributed by atoms with Gasteiger partial charge in [0.1, 0.15) is 24.3 Å². The van der Waals surface area contributed by atoms with E-state index in [0.717, 1.165) is 0 Å². The molecule has 2 bridgehead atoms. The van der Waals surface area contributed by atoms with Crippen molar-refractivity contribution in [2.24, 2.45) is 5.92 Å². The second kappa shape index (κ2) is 5.10. The molecule has 2 aromatic rings. The smallest absolute Gasteiger partial charge is 0.280 e. The molecule has 2 aliphatic heterocycles. The van der Waals surface area contributed by atoms with Crippen LogP contribution in [0, 0.1) is 5.92 Å². The van der Waals surface area contributed by atoms with Crippen molar-refractivity contribution in [1.29, 1.82) is 0 Å². The Labute approximate surface area is 135 Å². The van der Waals surface area contributed by atoms with E-state index in [9.17, 15) is 19.8 Å². The summed E-state index contributed by atoms with van der Waals surface area (Å²) in [5, 5.41) is 22.8. The van der Waals surface area contributed by atoms with Crippen molar-refractivity contribution in [3.63, 3.8) is 0 Å². The lowest BCUT2D eigenvalue weighted by Gasteiger charge is -2.27. The summed E-state index contributed by atoms with van der Waals surface area (Å²) in [6.45, 7) is 3.44. The number of carbonyl (C=O) groups excluding carboxylic acids is 1. The molecule has 0 aromatic carbocycles. The molecule has 2 aromatic heterocycles. The topological polar surface area (TPSA) is 142 Å². The molecular formula is C14H17N5O5. The number of rotatable bonds is 2. The number of ether oxygens (including phenoxy) is 1. The maximum absolute atomic E-state index is 12.3. The van der Waals surface area contributed by atoms with Crippen molar-refractivity contribution >= 4 is 23.0 Å². The number of carbonyl (C=O) groups is 1. The zero-order valence-electron chi connectivity index (χ0n) is 13.1. The molecule has 0 unspecified atom stereocenters. The van der Waals surface area contributed by atoms with E-state index in [0.29, 0.717) is 0 Å². The van der Waals surface area contributed by atoms with E-state index in [1.165, 1.54) is 4.57 Å². The average Bonchev–Trinajstić information content (AvgIpc) is 3.05. The molecule has 128 valence electrons. The lowest BCUT2D eigenvalue weighted by Crippen LogP contribution is -2.33. The highest BCUT2D eigenvalue weighted by molar-refractivity contribution is 5.91. The molecule has 0 aliphatic carbocycles. The monoisotopic (exact) mass is 338 g/mol. The first-order chi connectivity index (χ1) is 11.4. The third kappa shape index (κ3) is 2.07. The van der Waals surface area contributed by atoms with Gasteiger partial charge in [-0.05, 0) is 0 Å². The zero-order chi connectivity index (χ0) is 17.2. The second-order valence-electron chi connectivity index (χ2n) is 6.37. The lowest BCUT2D eigenvalue weighted by atomic mass is 10.1. The molecule has 10 heteroatoms. The fourth-order valence-corrected chi connectivity index (χ4v) is 3.08. The molecule has 4 rings (SSSR count).